The summed E-state index contributed by atoms with van der Waals surface area (Å²) in [5, 5.41) is 21.2. The molecule has 0 unspecified atom stereocenters. The summed E-state index contributed by atoms with van der Waals surface area (Å²) in [6.07, 6.45) is 13.5. The second-order valence-electron chi connectivity index (χ2n) is 29.4. The number of likely N-dealkylation sites (tertiary alicyclic amines) is 2. The summed E-state index contributed by atoms with van der Waals surface area (Å²) in [6.45, 7) is 16.0. The van der Waals surface area contributed by atoms with Gasteiger partial charge in [-0.25, -0.2) is 9.59 Å². The summed E-state index contributed by atoms with van der Waals surface area (Å²) >= 11 is 0. The number of nitrogens with one attached hydrogen (secondary N) is 4. The molecule has 2 amide bonds. The van der Waals surface area contributed by atoms with Gasteiger partial charge in [0.05, 0.1) is 71.8 Å². The van der Waals surface area contributed by atoms with Crippen LogP contribution in [0.1, 0.15) is 113 Å². The zero-order chi connectivity index (χ0) is 79.8. The van der Waals surface area contributed by atoms with Crippen LogP contribution in [0.3, 0.4) is 0 Å². The fourth-order valence-corrected chi connectivity index (χ4v) is 13.0. The first-order chi connectivity index (χ1) is 54.2. The predicted octanol–water partition coefficient (Wildman–Crippen LogP) is 20.1. The van der Waals surface area contributed by atoms with Crippen molar-refractivity contribution < 1.29 is 87.2 Å². The Balaban J connectivity index is 0.000000233. The Labute approximate surface area is 689 Å². The Bertz CT molecular complexity index is 4360. The maximum absolute atomic E-state index is 12.7. The van der Waals surface area contributed by atoms with E-state index in [1.54, 1.807) is 42.7 Å². The van der Waals surface area contributed by atoms with Gasteiger partial charge in [0.25, 0.3) is 0 Å². The Morgan fingerprint density at radius 2 is 0.693 bits per heavy atom. The molecule has 114 heavy (non-hydrogen) atoms. The third-order valence-corrected chi connectivity index (χ3v) is 19.0. The molecule has 614 valence electrons. The van der Waals surface area contributed by atoms with Gasteiger partial charge in [-0.2, -0.15) is 0 Å². The molecule has 9 aromatic carbocycles. The van der Waals surface area contributed by atoms with E-state index in [1.165, 1.54) is 35.1 Å². The third-order valence-electron chi connectivity index (χ3n) is 19.0. The van der Waals surface area contributed by atoms with Crippen molar-refractivity contribution in [1.82, 2.24) is 15.1 Å². The van der Waals surface area contributed by atoms with Crippen LogP contribution in [-0.4, -0.2) is 145 Å². The minimum Gasteiger partial charge on any atom is -0.497 e. The Morgan fingerprint density at radius 3 is 1.04 bits per heavy atom. The number of nitrogens with zero attached hydrogens (tertiary/aromatic N) is 2. The number of aryl methyl sites for hydroxylation is 4. The van der Waals surface area contributed by atoms with Crippen LogP contribution in [0.25, 0.3) is 12.2 Å². The molecule has 12 rings (SSSR count). The second-order valence-corrected chi connectivity index (χ2v) is 29.4. The molecule has 3 aliphatic rings. The minimum absolute atomic E-state index is 0. The zero-order valence-electron chi connectivity index (χ0n) is 68.7. The van der Waals surface area contributed by atoms with Gasteiger partial charge in [0.1, 0.15) is 62.9 Å². The van der Waals surface area contributed by atoms with Crippen LogP contribution in [0.5, 0.6) is 69.0 Å². The van der Waals surface area contributed by atoms with E-state index < -0.39 is 11.2 Å². The molecule has 21 heteroatoms. The van der Waals surface area contributed by atoms with E-state index in [0.717, 1.165) is 157 Å². The number of benzene rings is 9. The molecular formula is C93H117N6O14Pd-. The molecule has 3 atom stereocenters. The van der Waals surface area contributed by atoms with E-state index in [1.807, 2.05) is 197 Å². The van der Waals surface area contributed by atoms with E-state index in [-0.39, 0.29) is 52.1 Å². The van der Waals surface area contributed by atoms with Gasteiger partial charge in [0.15, 0.2) is 17.2 Å². The molecule has 3 fully saturated rings. The van der Waals surface area contributed by atoms with Crippen LogP contribution in [0, 0.1) is 7.43 Å². The minimum atomic E-state index is -0.522. The normalized spacial score (nSPS) is 14.8. The van der Waals surface area contributed by atoms with Crippen molar-refractivity contribution in [2.75, 3.05) is 105 Å². The number of hydrogen-bond donors (Lipinski definition) is 5. The second kappa shape index (κ2) is 46.0. The van der Waals surface area contributed by atoms with Crippen molar-refractivity contribution in [1.29, 1.82) is 0 Å². The van der Waals surface area contributed by atoms with Gasteiger partial charge in [-0.15, -0.1) is 0 Å². The Morgan fingerprint density at radius 1 is 0.395 bits per heavy atom. The van der Waals surface area contributed by atoms with Gasteiger partial charge >= 0.3 is 12.2 Å². The fourth-order valence-electron chi connectivity index (χ4n) is 13.0. The van der Waals surface area contributed by atoms with Crippen molar-refractivity contribution in [2.24, 2.45) is 0 Å². The molecule has 0 spiro atoms. The summed E-state index contributed by atoms with van der Waals surface area (Å²) in [5.74, 6) is 9.43. The quantitative estimate of drug-likeness (QED) is 0.0168. The summed E-state index contributed by atoms with van der Waals surface area (Å²) in [7, 11) is 11.0. The molecule has 0 saturated carbocycles. The van der Waals surface area contributed by atoms with Crippen LogP contribution < -0.4 is 63.9 Å². The number of anilines is 3. The maximum Gasteiger partial charge on any atom is 0.410 e. The largest absolute Gasteiger partial charge is 0.497 e. The van der Waals surface area contributed by atoms with Crippen LogP contribution in [0.15, 0.2) is 200 Å². The number of rotatable bonds is 29. The van der Waals surface area contributed by atoms with Crippen molar-refractivity contribution in [3.8, 4) is 69.0 Å². The molecule has 3 saturated heterocycles. The number of carbonyl (C=O) groups is 2. The molecular weight excluding hydrogens is 1530 g/mol. The molecule has 0 aliphatic carbocycles. The monoisotopic (exact) mass is 1650 g/mol. The van der Waals surface area contributed by atoms with Gasteiger partial charge in [0, 0.05) is 66.3 Å². The molecule has 3 aliphatic heterocycles. The van der Waals surface area contributed by atoms with E-state index in [4.69, 9.17) is 57.2 Å². The number of ether oxygens (including phenoxy) is 11. The molecule has 9 aromatic rings. The SMILES string of the molecule is CO.COc1ccc(/C=C/c2ccc(NC[C@@H]3CCCN3C(=O)OC(C)(C)C)c(Oc3ccc(OC)cc3)c2)cc1.COc1ccc(CCc2ccc(NC[C@@H]3CCCN3)c(Oc3ccc(OC)cc3)c2)cc1.COc1ccc(CCc2ccc(NC[C@@H]3CCCN3C(=O)OC(C)(C)C)c(Oc3ccc(OC)cc3)c2)cc1.[CH3-].[Pd]. The first kappa shape index (κ1) is 90.6. The number of aliphatic hydroxyl groups excluding tert-OH is 1. The smallest absolute Gasteiger partial charge is 0.410 e. The third kappa shape index (κ3) is 29.1. The van der Waals surface area contributed by atoms with E-state index >= 15 is 0 Å². The van der Waals surface area contributed by atoms with Crippen LogP contribution in [0.2, 0.25) is 0 Å². The van der Waals surface area contributed by atoms with Crippen LogP contribution in [0.4, 0.5) is 26.7 Å². The van der Waals surface area contributed by atoms with E-state index in [2.05, 4.69) is 88.0 Å². The van der Waals surface area contributed by atoms with E-state index in [0.29, 0.717) is 43.7 Å². The van der Waals surface area contributed by atoms with Gasteiger partial charge in [-0.3, -0.25) is 0 Å². The first-order valence-electron chi connectivity index (χ1n) is 38.5. The average Bonchev–Trinajstić information content (AvgIpc) is 1.34. The molecule has 3 heterocycles. The predicted molar refractivity (Wildman–Crippen MR) is 454 cm³/mol. The number of amides is 2. The van der Waals surface area contributed by atoms with Crippen molar-refractivity contribution >= 4 is 41.4 Å². The first-order valence-corrected chi connectivity index (χ1v) is 38.5. The molecule has 0 radical (unpaired) electrons. The van der Waals surface area contributed by atoms with Crippen molar-refractivity contribution in [3.63, 3.8) is 0 Å². The van der Waals surface area contributed by atoms with Crippen molar-refractivity contribution in [3.05, 3.63) is 241 Å². The molecule has 20 nitrogen and oxygen atoms in total. The standard InChI is InChI=1S/C32H40N2O5.C32H38N2O5.C27H32N2O3.CH4O.CH3.Pd/c2*1-32(2,3)39-31(35)34-20-6-7-25(34)22-33-29-19-12-24(9-8-23-10-13-26(36-4)14-11-23)21-30(29)38-28-17-15-27(37-5)16-18-28;1-30-23-10-7-20(8-11-23)5-6-21-9-16-26(29-19-22-4-3-17-28-22)27(18-21)32-25-14-12-24(31-2)13-15-25;1-2;;/h10-19,21,25,33H,6-9,20,22H2,1-5H3;8-19,21,25,33H,6-7,20,22H2,1-5H3;7-16,18,22,28-29H,3-6,17,19H2,1-2H3;2H,1H3;1H3;/q;;;;-1;/b;9-8+;;;;/t2*25-;22-;;;/m000.../s1. The van der Waals surface area contributed by atoms with E-state index in [9.17, 15) is 9.59 Å². The van der Waals surface area contributed by atoms with Crippen LogP contribution in [-0.2, 0) is 55.6 Å². The fraction of sp³-hybridized carbons (Fsp3) is 0.366. The number of carbonyl (C=O) groups excluding carboxylic acids is 2. The Hall–Kier alpha value is -10.6. The summed E-state index contributed by atoms with van der Waals surface area (Å²) < 4.78 is 61.8. The van der Waals surface area contributed by atoms with Gasteiger partial charge in [-0.1, -0.05) is 66.7 Å². The average molecular weight is 1650 g/mol. The summed E-state index contributed by atoms with van der Waals surface area (Å²) in [4.78, 5) is 29.2. The van der Waals surface area contributed by atoms with Gasteiger partial charge in [0.2, 0.25) is 0 Å². The number of aliphatic hydroxyl groups is 1. The zero-order valence-corrected chi connectivity index (χ0v) is 70.3. The number of hydrogen-bond acceptors (Lipinski definition) is 18. The van der Waals surface area contributed by atoms with Crippen molar-refractivity contribution in [2.45, 2.75) is 135 Å². The molecule has 0 aromatic heterocycles. The van der Waals surface area contributed by atoms with Gasteiger partial charge < -0.3 is 95.7 Å². The summed E-state index contributed by atoms with van der Waals surface area (Å²) in [5.41, 5.74) is 8.74. The summed E-state index contributed by atoms with van der Waals surface area (Å²) in [6, 6.07) is 66.5. The maximum atomic E-state index is 12.7. The molecule has 5 N–H and O–H groups in total. The van der Waals surface area contributed by atoms with Crippen LogP contribution >= 0.6 is 0 Å². The van der Waals surface area contributed by atoms with Gasteiger partial charge in [-0.05, 0) is 291 Å². The Kier molecular flexibility index (Phi) is 36.5. The topological polar surface area (TPSA) is 210 Å². The molecule has 0 bridgehead atoms. The number of methoxy groups -OCH3 is 6.